The van der Waals surface area contributed by atoms with Gasteiger partial charge in [-0.15, -0.1) is 0 Å². The van der Waals surface area contributed by atoms with E-state index in [2.05, 4.69) is 26.6 Å². The van der Waals surface area contributed by atoms with Crippen molar-refractivity contribution in [1.29, 1.82) is 0 Å². The largest absolute Gasteiger partial charge is 0.508 e. The van der Waals surface area contributed by atoms with Gasteiger partial charge in [0, 0.05) is 32.7 Å². The zero-order valence-electron chi connectivity index (χ0n) is 42.8. The number of unbranched alkanes of at least 4 members (excludes halogenated alkanes) is 5. The quantitative estimate of drug-likeness (QED) is 0.0680. The van der Waals surface area contributed by atoms with Crippen molar-refractivity contribution in [1.82, 2.24) is 36.4 Å². The van der Waals surface area contributed by atoms with Gasteiger partial charge in [-0.05, 0) is 80.3 Å². The molecule has 2 bridgehead atoms. The number of nitrogens with one attached hydrogen (secondary N) is 5. The van der Waals surface area contributed by atoms with Gasteiger partial charge in [0.25, 0.3) is 0 Å². The number of esters is 1. The maximum atomic E-state index is 14.8. The van der Waals surface area contributed by atoms with Gasteiger partial charge < -0.3 is 61.5 Å². The Labute approximate surface area is 426 Å². The summed E-state index contributed by atoms with van der Waals surface area (Å²) in [5, 5.41) is 54.2. The number of aliphatic hydroxyl groups excluding tert-OH is 1. The van der Waals surface area contributed by atoms with Crippen molar-refractivity contribution in [2.45, 2.75) is 186 Å². The molecule has 4 rings (SSSR count). The van der Waals surface area contributed by atoms with Crippen molar-refractivity contribution in [3.05, 3.63) is 59.7 Å². The summed E-state index contributed by atoms with van der Waals surface area (Å²) in [5.41, 5.74) is 0.937. The normalized spacial score (nSPS) is 24.0. The van der Waals surface area contributed by atoms with E-state index in [9.17, 15) is 63.6 Å². The van der Waals surface area contributed by atoms with E-state index in [0.29, 0.717) is 30.4 Å². The lowest BCUT2D eigenvalue weighted by atomic mass is 9.96. The van der Waals surface area contributed by atoms with Crippen LogP contribution in [0.5, 0.6) is 11.5 Å². The zero-order valence-corrected chi connectivity index (χ0v) is 42.8. The predicted molar refractivity (Wildman–Crippen MR) is 266 cm³/mol. The Balaban J connectivity index is 1.85. The molecule has 73 heavy (non-hydrogen) atoms. The van der Waals surface area contributed by atoms with Crippen LogP contribution in [0.25, 0.3) is 0 Å². The molecule has 0 aliphatic carbocycles. The SMILES string of the molecule is CCCCCCCC(=O)N[C@@H](CCC(=O)O)C(=O)N[C@@H]1C(=O)N[C@@H](Cc2ccc(O)cc2)C(=O)N[C@H]2CC[C@@H](O)N(C2=O)[C@@H](CCCC)C(=O)N(C)[C@@H](Cc2ccc(O)cc2)C(=O)N[C@@H](C(C)C)C(=O)O[C@@H]1C. The van der Waals surface area contributed by atoms with E-state index in [1.165, 1.54) is 50.4 Å². The number of rotatable bonds is 20. The van der Waals surface area contributed by atoms with Crippen molar-refractivity contribution >= 4 is 53.3 Å². The van der Waals surface area contributed by atoms with Gasteiger partial charge in [0.05, 0.1) is 0 Å². The van der Waals surface area contributed by atoms with Gasteiger partial charge >= 0.3 is 11.9 Å². The molecule has 9 N–H and O–H groups in total. The summed E-state index contributed by atoms with van der Waals surface area (Å²) in [6, 6.07) is 1.25. The van der Waals surface area contributed by atoms with Crippen molar-refractivity contribution in [2.24, 2.45) is 5.92 Å². The highest BCUT2D eigenvalue weighted by Gasteiger charge is 2.45. The van der Waals surface area contributed by atoms with Crippen molar-refractivity contribution in [3.8, 4) is 11.5 Å². The van der Waals surface area contributed by atoms with E-state index >= 15 is 0 Å². The number of carboxylic acids is 1. The standard InChI is InChI=1S/C52H75N7O14/c1-7-9-11-12-13-15-41(62)53-36(25-27-43(64)65)46(66)57-45-31(5)73-52(72)44(30(3)4)56-48(68)40(29-33-18-22-35(61)23-19-33)58(6)51(71)39(14-10-8-2)59-42(63)26-24-37(50(59)70)54-47(67)38(55-49(45)69)28-32-16-20-34(60)21-17-32/h16-23,30-31,36-40,42,44-45,60-61,63H,7-15,24-29H2,1-6H3,(H,53,62)(H,54,67)(H,55,69)(H,56,68)(H,57,66)(H,64,65)/t31-,36+,37+,38+,39+,40+,42-,44+,45+/m1/s1. The van der Waals surface area contributed by atoms with Gasteiger partial charge in [0.1, 0.15) is 66.1 Å². The Morgan fingerprint density at radius 2 is 1.34 bits per heavy atom. The maximum absolute atomic E-state index is 14.8. The van der Waals surface area contributed by atoms with E-state index in [1.807, 2.05) is 13.8 Å². The highest BCUT2D eigenvalue weighted by Crippen LogP contribution is 2.26. The number of hydrogen-bond acceptors (Lipinski definition) is 13. The Morgan fingerprint density at radius 3 is 1.93 bits per heavy atom. The zero-order chi connectivity index (χ0) is 53.9. The second-order valence-electron chi connectivity index (χ2n) is 19.4. The van der Waals surface area contributed by atoms with E-state index in [-0.39, 0.29) is 56.4 Å². The summed E-state index contributed by atoms with van der Waals surface area (Å²) in [6.45, 7) is 8.40. The Kier molecular flexibility index (Phi) is 22.9. The summed E-state index contributed by atoms with van der Waals surface area (Å²) in [4.78, 5) is 129. The smallest absolute Gasteiger partial charge is 0.329 e. The maximum Gasteiger partial charge on any atom is 0.329 e. The lowest BCUT2D eigenvalue weighted by Crippen LogP contribution is -2.65. The number of aliphatic carboxylic acids is 1. The number of phenols is 2. The van der Waals surface area contributed by atoms with Crippen LogP contribution < -0.4 is 26.6 Å². The summed E-state index contributed by atoms with van der Waals surface area (Å²) in [5.74, 6) is -9.06. The first-order chi connectivity index (χ1) is 34.6. The number of aliphatic hydroxyl groups is 1. The molecule has 2 heterocycles. The van der Waals surface area contributed by atoms with Crippen molar-refractivity contribution < 1.29 is 68.3 Å². The number of hydrogen-bond donors (Lipinski definition) is 9. The van der Waals surface area contributed by atoms with Crippen LogP contribution in [0.4, 0.5) is 0 Å². The highest BCUT2D eigenvalue weighted by molar-refractivity contribution is 5.98. The van der Waals surface area contributed by atoms with Crippen LogP contribution in [0.1, 0.15) is 129 Å². The minimum Gasteiger partial charge on any atom is -0.508 e. The number of aromatic hydroxyl groups is 2. The first-order valence-electron chi connectivity index (χ1n) is 25.4. The number of carbonyl (C=O) groups excluding carboxylic acids is 8. The van der Waals surface area contributed by atoms with Crippen LogP contribution in [-0.2, 0) is 60.7 Å². The number of carboxylic acid groups (broad SMARTS) is 1. The molecule has 0 radical (unpaired) electrons. The summed E-state index contributed by atoms with van der Waals surface area (Å²) in [7, 11) is 1.36. The molecule has 2 aromatic carbocycles. The first kappa shape index (κ1) is 58.8. The van der Waals surface area contributed by atoms with Gasteiger partial charge in [-0.3, -0.25) is 38.4 Å². The lowest BCUT2D eigenvalue weighted by Gasteiger charge is -2.43. The summed E-state index contributed by atoms with van der Waals surface area (Å²) < 4.78 is 5.89. The Bertz CT molecular complexity index is 2220. The van der Waals surface area contributed by atoms with Crippen LogP contribution in [-0.4, -0.2) is 145 Å². The number of likely N-dealkylation sites (N-methyl/N-ethyl adjacent to an activating group) is 1. The second kappa shape index (κ2) is 28.5. The average molecular weight is 1020 g/mol. The fraction of sp³-hybridized carbons (Fsp3) is 0.596. The number of piperidine rings is 1. The Morgan fingerprint density at radius 1 is 0.740 bits per heavy atom. The third kappa shape index (κ3) is 17.5. The number of fused-ring (bicyclic) bond motifs is 2. The fourth-order valence-electron chi connectivity index (χ4n) is 8.85. The number of carbonyl (C=O) groups is 9. The lowest BCUT2D eigenvalue weighted by molar-refractivity contribution is -0.165. The highest BCUT2D eigenvalue weighted by atomic mass is 16.5. The molecule has 0 aromatic heterocycles. The number of ether oxygens (including phenoxy) is 1. The molecule has 2 aliphatic rings. The van der Waals surface area contributed by atoms with Gasteiger partial charge in [-0.25, -0.2) is 4.79 Å². The van der Waals surface area contributed by atoms with Crippen LogP contribution in [0, 0.1) is 5.92 Å². The number of cyclic esters (lactones) is 1. The van der Waals surface area contributed by atoms with Crippen LogP contribution in [0.2, 0.25) is 0 Å². The predicted octanol–water partition coefficient (Wildman–Crippen LogP) is 2.46. The van der Waals surface area contributed by atoms with Crippen molar-refractivity contribution in [3.63, 3.8) is 0 Å². The van der Waals surface area contributed by atoms with E-state index < -0.39 is 120 Å². The third-order valence-corrected chi connectivity index (χ3v) is 13.2. The van der Waals surface area contributed by atoms with Crippen molar-refractivity contribution in [2.75, 3.05) is 7.05 Å². The van der Waals surface area contributed by atoms with E-state index in [1.54, 1.807) is 26.0 Å². The monoisotopic (exact) mass is 1020 g/mol. The summed E-state index contributed by atoms with van der Waals surface area (Å²) in [6.07, 6.45) is 0.619. The van der Waals surface area contributed by atoms with Crippen LogP contribution in [0.15, 0.2) is 48.5 Å². The van der Waals surface area contributed by atoms with Gasteiger partial charge in [-0.2, -0.15) is 0 Å². The molecule has 2 aromatic rings. The molecule has 2 aliphatic heterocycles. The molecule has 7 amide bonds. The van der Waals surface area contributed by atoms with Crippen LogP contribution in [0.3, 0.4) is 0 Å². The van der Waals surface area contributed by atoms with E-state index in [0.717, 1.165) is 35.5 Å². The van der Waals surface area contributed by atoms with E-state index in [4.69, 9.17) is 4.74 Å². The Hall–Kier alpha value is -6.77. The minimum absolute atomic E-state index is 0.0359. The fourth-order valence-corrected chi connectivity index (χ4v) is 8.85. The molecule has 402 valence electrons. The molecule has 21 heteroatoms. The number of benzene rings is 2. The number of phenolic OH excluding ortho intramolecular Hbond substituents is 2. The van der Waals surface area contributed by atoms with Gasteiger partial charge in [-0.1, -0.05) is 90.5 Å². The van der Waals surface area contributed by atoms with Gasteiger partial charge in [0.2, 0.25) is 41.4 Å². The average Bonchev–Trinajstić information content (AvgIpc) is 3.34. The third-order valence-electron chi connectivity index (χ3n) is 13.2. The molecule has 2 saturated heterocycles. The molecule has 21 nitrogen and oxygen atoms in total. The molecule has 0 saturated carbocycles. The number of amides is 7. The number of nitrogens with zero attached hydrogens (tertiary/aromatic N) is 2. The second-order valence-corrected chi connectivity index (χ2v) is 19.4. The molecule has 0 spiro atoms. The van der Waals surface area contributed by atoms with Crippen LogP contribution >= 0.6 is 0 Å². The first-order valence-corrected chi connectivity index (χ1v) is 25.4. The molecular formula is C52H75N7O14. The molecule has 0 unspecified atom stereocenters. The minimum atomic E-state index is -1.84. The topological polar surface area (TPSA) is 310 Å². The molecule has 2 fully saturated rings. The van der Waals surface area contributed by atoms with Gasteiger partial charge in [0.15, 0.2) is 0 Å². The molecule has 9 atom stereocenters. The summed E-state index contributed by atoms with van der Waals surface area (Å²) >= 11 is 0. The molecular weight excluding hydrogens is 947 g/mol.